The predicted octanol–water partition coefficient (Wildman–Crippen LogP) is 1.34. The Bertz CT molecular complexity index is 1580. The number of benzene rings is 1. The van der Waals surface area contributed by atoms with E-state index in [1.807, 2.05) is 4.90 Å². The number of fused-ring (bicyclic) bond motifs is 2. The van der Waals surface area contributed by atoms with Gasteiger partial charge in [0.05, 0.1) is 6.54 Å². The van der Waals surface area contributed by atoms with Gasteiger partial charge in [0.1, 0.15) is 11.6 Å². The molecule has 11 heteroatoms. The van der Waals surface area contributed by atoms with Crippen LogP contribution < -0.4 is 27.3 Å². The lowest BCUT2D eigenvalue weighted by atomic mass is 10.1. The summed E-state index contributed by atoms with van der Waals surface area (Å²) in [6, 6.07) is 6.01. The van der Waals surface area contributed by atoms with Gasteiger partial charge in [0, 0.05) is 37.1 Å². The minimum atomic E-state index is -0.588. The highest BCUT2D eigenvalue weighted by Gasteiger charge is 2.26. The number of rotatable bonds is 4. The molecule has 0 spiro atoms. The van der Waals surface area contributed by atoms with Gasteiger partial charge in [-0.3, -0.25) is 19.4 Å². The highest BCUT2D eigenvalue weighted by molar-refractivity contribution is 5.84. The lowest BCUT2D eigenvalue weighted by Crippen LogP contribution is -2.44. The normalized spacial score (nSPS) is 16.1. The number of H-pyrrole nitrogens is 1. The monoisotopic (exact) mass is 464 g/mol. The third-order valence-corrected chi connectivity index (χ3v) is 6.10. The van der Waals surface area contributed by atoms with Gasteiger partial charge < -0.3 is 15.6 Å². The molecule has 1 aliphatic heterocycles. The van der Waals surface area contributed by atoms with Crippen LogP contribution in [0.4, 0.5) is 16.2 Å². The smallest absolute Gasteiger partial charge is 0.341 e. The van der Waals surface area contributed by atoms with Crippen molar-refractivity contribution in [3.63, 3.8) is 0 Å². The molecule has 0 saturated carbocycles. The minimum Gasteiger partial charge on any atom is -0.341 e. The zero-order chi connectivity index (χ0) is 24.0. The van der Waals surface area contributed by atoms with Gasteiger partial charge in [-0.2, -0.15) is 9.66 Å². The maximum atomic E-state index is 13.6. The van der Waals surface area contributed by atoms with Crippen molar-refractivity contribution in [2.45, 2.75) is 32.4 Å². The van der Waals surface area contributed by atoms with Crippen molar-refractivity contribution in [3.8, 4) is 11.8 Å². The second kappa shape index (κ2) is 8.39. The minimum absolute atomic E-state index is 0.00765. The van der Waals surface area contributed by atoms with E-state index in [2.05, 4.69) is 27.2 Å². The third kappa shape index (κ3) is 3.62. The quantitative estimate of drug-likeness (QED) is 0.392. The van der Waals surface area contributed by atoms with E-state index < -0.39 is 11.2 Å². The number of anilines is 2. The molecular weight excluding hydrogens is 439 g/mol. The molecule has 5 rings (SSSR count). The summed E-state index contributed by atoms with van der Waals surface area (Å²) in [5.74, 6) is 6.42. The van der Waals surface area contributed by atoms with Gasteiger partial charge in [-0.1, -0.05) is 5.92 Å². The third-order valence-electron chi connectivity index (χ3n) is 6.10. The molecule has 0 bridgehead atoms. The van der Waals surface area contributed by atoms with Crippen molar-refractivity contribution in [2.24, 2.45) is 12.8 Å². The molecule has 34 heavy (non-hydrogen) atoms. The molecule has 0 unspecified atom stereocenters. The zero-order valence-electron chi connectivity index (χ0n) is 18.9. The van der Waals surface area contributed by atoms with E-state index in [0.717, 1.165) is 29.4 Å². The number of hydrogen-bond acceptors (Lipinski definition) is 6. The topological polar surface area (TPSA) is 119 Å². The molecule has 4 N–H and O–H groups in total. The van der Waals surface area contributed by atoms with E-state index in [4.69, 9.17) is 5.73 Å². The SMILES string of the molecule is CC#CCn1c(N2CCC[C@@H](N)C2)nc2c1c(=O)n(Nc1cc3ccc(F)cc3[nH]1)c(=O)n2C. The van der Waals surface area contributed by atoms with Gasteiger partial charge in [0.15, 0.2) is 11.2 Å². The van der Waals surface area contributed by atoms with Crippen molar-refractivity contribution >= 4 is 33.8 Å². The van der Waals surface area contributed by atoms with E-state index in [1.165, 1.54) is 16.7 Å². The van der Waals surface area contributed by atoms with Crippen LogP contribution in [0.25, 0.3) is 22.1 Å². The van der Waals surface area contributed by atoms with Crippen molar-refractivity contribution in [1.29, 1.82) is 0 Å². The summed E-state index contributed by atoms with van der Waals surface area (Å²) in [5.41, 5.74) is 8.96. The average molecular weight is 465 g/mol. The van der Waals surface area contributed by atoms with Crippen molar-refractivity contribution in [2.75, 3.05) is 23.4 Å². The second-order valence-electron chi connectivity index (χ2n) is 8.45. The molecule has 0 radical (unpaired) electrons. The Labute approximate surface area is 193 Å². The molecule has 1 aromatic carbocycles. The predicted molar refractivity (Wildman–Crippen MR) is 129 cm³/mol. The van der Waals surface area contributed by atoms with Gasteiger partial charge in [0.25, 0.3) is 0 Å². The number of nitrogens with two attached hydrogens (primary N) is 1. The molecule has 10 nitrogen and oxygen atoms in total. The molecule has 176 valence electrons. The Morgan fingerprint density at radius 3 is 2.91 bits per heavy atom. The van der Waals surface area contributed by atoms with Gasteiger partial charge in [-0.25, -0.2) is 9.18 Å². The van der Waals surface area contributed by atoms with Crippen LogP contribution in [0.5, 0.6) is 0 Å². The Balaban J connectivity index is 1.67. The lowest BCUT2D eigenvalue weighted by Gasteiger charge is -2.31. The molecule has 3 aromatic heterocycles. The van der Waals surface area contributed by atoms with E-state index in [-0.39, 0.29) is 29.6 Å². The molecule has 4 heterocycles. The molecule has 1 saturated heterocycles. The van der Waals surface area contributed by atoms with Crippen molar-refractivity contribution in [3.05, 3.63) is 50.9 Å². The lowest BCUT2D eigenvalue weighted by molar-refractivity contribution is 0.496. The molecule has 1 aliphatic rings. The van der Waals surface area contributed by atoms with Gasteiger partial charge in [0.2, 0.25) is 5.95 Å². The summed E-state index contributed by atoms with van der Waals surface area (Å²) in [4.78, 5) is 36.4. The Morgan fingerprint density at radius 2 is 2.15 bits per heavy atom. The zero-order valence-corrected chi connectivity index (χ0v) is 18.9. The van der Waals surface area contributed by atoms with Crippen LogP contribution >= 0.6 is 0 Å². The largest absolute Gasteiger partial charge is 0.351 e. The Morgan fingerprint density at radius 1 is 1.32 bits per heavy atom. The van der Waals surface area contributed by atoms with Crippen LogP contribution in [0.3, 0.4) is 0 Å². The standard InChI is InChI=1S/C23H25FN8O2/c1-3-4-10-31-19-20(27-22(31)30-9-5-6-16(25)13-30)29(2)23(34)32(21(19)33)28-18-11-14-7-8-15(24)12-17(14)26-18/h7-8,11-12,16,26,28H,5-6,9-10,13,25H2,1-2H3/t16-/m1/s1. The van der Waals surface area contributed by atoms with Crippen LogP contribution in [0.2, 0.25) is 0 Å². The van der Waals surface area contributed by atoms with Gasteiger partial charge in [-0.15, -0.1) is 5.92 Å². The first kappa shape index (κ1) is 21.8. The van der Waals surface area contributed by atoms with E-state index >= 15 is 0 Å². The summed E-state index contributed by atoms with van der Waals surface area (Å²) >= 11 is 0. The summed E-state index contributed by atoms with van der Waals surface area (Å²) in [7, 11) is 1.57. The van der Waals surface area contributed by atoms with Crippen LogP contribution in [0.1, 0.15) is 19.8 Å². The van der Waals surface area contributed by atoms with E-state index in [1.54, 1.807) is 30.7 Å². The van der Waals surface area contributed by atoms with Crippen LogP contribution in [-0.2, 0) is 13.6 Å². The number of aromatic nitrogens is 5. The first-order valence-corrected chi connectivity index (χ1v) is 11.0. The number of nitrogens with one attached hydrogen (secondary N) is 2. The summed E-state index contributed by atoms with van der Waals surface area (Å²) in [5, 5.41) is 0.738. The number of piperidine rings is 1. The molecular formula is C23H25FN8O2. The van der Waals surface area contributed by atoms with Crippen LogP contribution in [0.15, 0.2) is 33.9 Å². The van der Waals surface area contributed by atoms with Crippen molar-refractivity contribution in [1.82, 2.24) is 23.8 Å². The van der Waals surface area contributed by atoms with Gasteiger partial charge in [-0.05, 0) is 44.0 Å². The summed E-state index contributed by atoms with van der Waals surface area (Å²) in [6.45, 7) is 3.33. The Hall–Kier alpha value is -4.04. The van der Waals surface area contributed by atoms with Gasteiger partial charge >= 0.3 is 11.2 Å². The fourth-order valence-electron chi connectivity index (χ4n) is 4.43. The molecule has 0 amide bonds. The molecule has 4 aromatic rings. The number of nitrogens with zero attached hydrogens (tertiary/aromatic N) is 5. The maximum absolute atomic E-state index is 13.6. The highest BCUT2D eigenvalue weighted by Crippen LogP contribution is 2.23. The molecule has 1 fully saturated rings. The first-order valence-electron chi connectivity index (χ1n) is 11.0. The average Bonchev–Trinajstić information content (AvgIpc) is 3.40. The van der Waals surface area contributed by atoms with E-state index in [9.17, 15) is 14.0 Å². The molecule has 0 aliphatic carbocycles. The van der Waals surface area contributed by atoms with Crippen molar-refractivity contribution < 1.29 is 4.39 Å². The number of aryl methyl sites for hydroxylation is 1. The first-order chi connectivity index (χ1) is 16.4. The maximum Gasteiger partial charge on any atom is 0.351 e. The van der Waals surface area contributed by atoms with Crippen LogP contribution in [-0.4, -0.2) is 42.9 Å². The number of imidazole rings is 1. The fraction of sp³-hybridized carbons (Fsp3) is 0.348. The summed E-state index contributed by atoms with van der Waals surface area (Å²) < 4.78 is 17.6. The summed E-state index contributed by atoms with van der Waals surface area (Å²) in [6.07, 6.45) is 1.84. The fourth-order valence-corrected chi connectivity index (χ4v) is 4.43. The Kier molecular flexibility index (Phi) is 5.37. The van der Waals surface area contributed by atoms with E-state index in [0.29, 0.717) is 23.8 Å². The number of hydrogen-bond donors (Lipinski definition) is 3. The highest BCUT2D eigenvalue weighted by atomic mass is 19.1. The number of aromatic amines is 1. The van der Waals surface area contributed by atoms with Crippen LogP contribution in [0, 0.1) is 17.7 Å². The molecule has 1 atom stereocenters. The second-order valence-corrected chi connectivity index (χ2v) is 8.45. The number of halogens is 1.